The van der Waals surface area contributed by atoms with Crippen LogP contribution < -0.4 is 5.32 Å². The topological polar surface area (TPSA) is 75.9 Å². The Balaban J connectivity index is 1.61. The number of nitrogens with one attached hydrogen (secondary N) is 1. The van der Waals surface area contributed by atoms with Gasteiger partial charge in [0, 0.05) is 18.7 Å². The van der Waals surface area contributed by atoms with Crippen LogP contribution in [-0.4, -0.2) is 57.7 Å². The number of piperidine rings is 1. The van der Waals surface area contributed by atoms with Crippen LogP contribution >= 0.6 is 0 Å². The molecule has 1 aliphatic rings. The maximum Gasteiger partial charge on any atom is 0.246 e. The zero-order chi connectivity index (χ0) is 16.1. The maximum atomic E-state index is 12.4. The number of amides is 1. The lowest BCUT2D eigenvalue weighted by molar-refractivity contribution is -0.134. The Bertz CT molecular complexity index is 639. The summed E-state index contributed by atoms with van der Waals surface area (Å²) in [6, 6.07) is 9.65. The van der Waals surface area contributed by atoms with Crippen molar-refractivity contribution < 1.29 is 4.79 Å². The molecular formula is C16H22N6O. The van der Waals surface area contributed by atoms with Crippen LogP contribution in [0.25, 0.3) is 11.4 Å². The summed E-state index contributed by atoms with van der Waals surface area (Å²) >= 11 is 0. The fourth-order valence-electron chi connectivity index (χ4n) is 2.98. The van der Waals surface area contributed by atoms with Gasteiger partial charge in [-0.25, -0.2) is 0 Å². The monoisotopic (exact) mass is 314 g/mol. The van der Waals surface area contributed by atoms with Crippen LogP contribution in [0.5, 0.6) is 0 Å². The first-order chi connectivity index (χ1) is 11.3. The first-order valence-electron chi connectivity index (χ1n) is 8.02. The van der Waals surface area contributed by atoms with E-state index in [0.717, 1.165) is 31.6 Å². The molecule has 1 fully saturated rings. The van der Waals surface area contributed by atoms with Crippen LogP contribution in [0.2, 0.25) is 0 Å². The Kier molecular flexibility index (Phi) is 4.97. The van der Waals surface area contributed by atoms with Crippen molar-refractivity contribution in [2.45, 2.75) is 19.4 Å². The molecule has 1 atom stereocenters. The van der Waals surface area contributed by atoms with E-state index < -0.39 is 0 Å². The Morgan fingerprint density at radius 3 is 2.96 bits per heavy atom. The van der Waals surface area contributed by atoms with E-state index >= 15 is 0 Å². The van der Waals surface area contributed by atoms with Gasteiger partial charge in [0.1, 0.15) is 6.54 Å². The highest BCUT2D eigenvalue weighted by atomic mass is 16.2. The fourth-order valence-corrected chi connectivity index (χ4v) is 2.98. The van der Waals surface area contributed by atoms with Gasteiger partial charge in [0.25, 0.3) is 0 Å². The molecular weight excluding hydrogens is 292 g/mol. The van der Waals surface area contributed by atoms with Gasteiger partial charge in [0.05, 0.1) is 0 Å². The number of rotatable bonds is 5. The summed E-state index contributed by atoms with van der Waals surface area (Å²) in [5.74, 6) is 1.13. The lowest BCUT2D eigenvalue weighted by atomic mass is 9.98. The van der Waals surface area contributed by atoms with Crippen molar-refractivity contribution in [3.8, 4) is 11.4 Å². The summed E-state index contributed by atoms with van der Waals surface area (Å²) in [4.78, 5) is 15.7. The highest BCUT2D eigenvalue weighted by molar-refractivity contribution is 5.75. The molecule has 1 aromatic heterocycles. The van der Waals surface area contributed by atoms with Crippen molar-refractivity contribution in [3.63, 3.8) is 0 Å². The fraction of sp³-hybridized carbons (Fsp3) is 0.500. The van der Waals surface area contributed by atoms with Crippen molar-refractivity contribution in [1.29, 1.82) is 0 Å². The Morgan fingerprint density at radius 1 is 1.35 bits per heavy atom. The molecule has 122 valence electrons. The quantitative estimate of drug-likeness (QED) is 0.883. The average Bonchev–Trinajstić information content (AvgIpc) is 3.05. The van der Waals surface area contributed by atoms with E-state index in [0.29, 0.717) is 11.7 Å². The molecule has 1 amide bonds. The molecule has 1 aromatic carbocycles. The normalized spacial score (nSPS) is 18.1. The second-order valence-corrected chi connectivity index (χ2v) is 5.92. The van der Waals surface area contributed by atoms with Gasteiger partial charge in [-0.15, -0.1) is 10.2 Å². The van der Waals surface area contributed by atoms with E-state index in [4.69, 9.17) is 0 Å². The molecule has 0 bridgehead atoms. The number of hydrogen-bond acceptors (Lipinski definition) is 5. The molecule has 7 nitrogen and oxygen atoms in total. The van der Waals surface area contributed by atoms with Gasteiger partial charge in [-0.1, -0.05) is 30.3 Å². The Morgan fingerprint density at radius 2 is 2.17 bits per heavy atom. The lowest BCUT2D eigenvalue weighted by Crippen LogP contribution is -2.44. The van der Waals surface area contributed by atoms with Gasteiger partial charge >= 0.3 is 0 Å². The SMILES string of the molecule is CNCC1CCCN(C(=O)Cn2nnc(-c3ccccc3)n2)C1. The number of aromatic nitrogens is 4. The first-order valence-corrected chi connectivity index (χ1v) is 8.02. The first kappa shape index (κ1) is 15.6. The molecule has 1 aliphatic heterocycles. The van der Waals surface area contributed by atoms with E-state index in [1.165, 1.54) is 11.2 Å². The van der Waals surface area contributed by atoms with Crippen molar-refractivity contribution in [2.75, 3.05) is 26.7 Å². The average molecular weight is 314 g/mol. The summed E-state index contributed by atoms with van der Waals surface area (Å²) in [6.45, 7) is 2.72. The molecule has 0 radical (unpaired) electrons. The van der Waals surface area contributed by atoms with Crippen LogP contribution in [0.15, 0.2) is 30.3 Å². The van der Waals surface area contributed by atoms with Gasteiger partial charge in [-0.2, -0.15) is 4.80 Å². The number of tetrazole rings is 1. The highest BCUT2D eigenvalue weighted by Crippen LogP contribution is 2.16. The predicted octanol–water partition coefficient (Wildman–Crippen LogP) is 0.798. The van der Waals surface area contributed by atoms with Gasteiger partial charge < -0.3 is 10.2 Å². The second-order valence-electron chi connectivity index (χ2n) is 5.92. The van der Waals surface area contributed by atoms with Crippen LogP contribution in [-0.2, 0) is 11.3 Å². The second kappa shape index (κ2) is 7.32. The molecule has 0 spiro atoms. The molecule has 23 heavy (non-hydrogen) atoms. The molecule has 1 unspecified atom stereocenters. The minimum absolute atomic E-state index is 0.0582. The number of hydrogen-bond donors (Lipinski definition) is 1. The van der Waals surface area contributed by atoms with Crippen molar-refractivity contribution in [2.24, 2.45) is 5.92 Å². The van der Waals surface area contributed by atoms with Gasteiger partial charge in [-0.05, 0) is 37.6 Å². The van der Waals surface area contributed by atoms with Crippen LogP contribution in [0.3, 0.4) is 0 Å². The van der Waals surface area contributed by atoms with Crippen molar-refractivity contribution in [3.05, 3.63) is 30.3 Å². The highest BCUT2D eigenvalue weighted by Gasteiger charge is 2.23. The number of carbonyl (C=O) groups is 1. The molecule has 1 saturated heterocycles. The third-order valence-corrected chi connectivity index (χ3v) is 4.13. The zero-order valence-electron chi connectivity index (χ0n) is 13.4. The van der Waals surface area contributed by atoms with Gasteiger partial charge in [-0.3, -0.25) is 4.79 Å². The smallest absolute Gasteiger partial charge is 0.246 e. The van der Waals surface area contributed by atoms with E-state index in [9.17, 15) is 4.79 Å². The zero-order valence-corrected chi connectivity index (χ0v) is 13.4. The molecule has 2 aromatic rings. The minimum atomic E-state index is 0.0582. The Hall–Kier alpha value is -2.28. The minimum Gasteiger partial charge on any atom is -0.341 e. The maximum absolute atomic E-state index is 12.4. The lowest BCUT2D eigenvalue weighted by Gasteiger charge is -2.32. The molecule has 2 heterocycles. The third-order valence-electron chi connectivity index (χ3n) is 4.13. The van der Waals surface area contributed by atoms with Crippen LogP contribution in [0, 0.1) is 5.92 Å². The van der Waals surface area contributed by atoms with E-state index in [2.05, 4.69) is 20.7 Å². The van der Waals surface area contributed by atoms with Crippen LogP contribution in [0.4, 0.5) is 0 Å². The number of carbonyl (C=O) groups excluding carboxylic acids is 1. The summed E-state index contributed by atoms with van der Waals surface area (Å²) in [6.07, 6.45) is 2.22. The molecule has 0 saturated carbocycles. The summed E-state index contributed by atoms with van der Waals surface area (Å²) in [5.41, 5.74) is 0.901. The van der Waals surface area contributed by atoms with E-state index in [1.54, 1.807) is 0 Å². The van der Waals surface area contributed by atoms with Crippen molar-refractivity contribution >= 4 is 5.91 Å². The standard InChI is InChI=1S/C16H22N6O/c1-17-10-13-6-5-9-21(11-13)15(23)12-22-19-16(18-20-22)14-7-3-2-4-8-14/h2-4,7-8,13,17H,5-6,9-12H2,1H3. The third kappa shape index (κ3) is 3.92. The van der Waals surface area contributed by atoms with Crippen molar-refractivity contribution in [1.82, 2.24) is 30.4 Å². The molecule has 7 heteroatoms. The Labute approximate surface area is 135 Å². The molecule has 0 aliphatic carbocycles. The van der Waals surface area contributed by atoms with E-state index in [1.807, 2.05) is 42.3 Å². The number of benzene rings is 1. The van der Waals surface area contributed by atoms with E-state index in [-0.39, 0.29) is 12.5 Å². The number of nitrogens with zero attached hydrogens (tertiary/aromatic N) is 5. The molecule has 3 rings (SSSR count). The molecule has 1 N–H and O–H groups in total. The van der Waals surface area contributed by atoms with Gasteiger partial charge in [0.15, 0.2) is 0 Å². The largest absolute Gasteiger partial charge is 0.341 e. The summed E-state index contributed by atoms with van der Waals surface area (Å²) in [5, 5.41) is 15.5. The van der Waals surface area contributed by atoms with Crippen LogP contribution in [0.1, 0.15) is 12.8 Å². The summed E-state index contributed by atoms with van der Waals surface area (Å²) in [7, 11) is 1.95. The summed E-state index contributed by atoms with van der Waals surface area (Å²) < 4.78 is 0. The van der Waals surface area contributed by atoms with Gasteiger partial charge in [0.2, 0.25) is 11.7 Å². The number of likely N-dealkylation sites (tertiary alicyclic amines) is 1. The predicted molar refractivity (Wildman–Crippen MR) is 86.5 cm³/mol.